The molecule has 30 heavy (non-hydrogen) atoms. The van der Waals surface area contributed by atoms with Crippen molar-refractivity contribution in [2.24, 2.45) is 5.10 Å². The summed E-state index contributed by atoms with van der Waals surface area (Å²) in [5.74, 6) is 0.341. The number of para-hydroxylation sites is 1. The minimum absolute atomic E-state index is 0.00516. The van der Waals surface area contributed by atoms with Gasteiger partial charge in [0.25, 0.3) is 5.56 Å². The van der Waals surface area contributed by atoms with Crippen LogP contribution in [-0.2, 0) is 6.54 Å². The van der Waals surface area contributed by atoms with E-state index in [1.807, 2.05) is 61.5 Å². The van der Waals surface area contributed by atoms with Gasteiger partial charge in [0, 0.05) is 12.0 Å². The molecule has 0 radical (unpaired) electrons. The smallest absolute Gasteiger partial charge is 0.331 e. The summed E-state index contributed by atoms with van der Waals surface area (Å²) >= 11 is 0. The third-order valence-corrected chi connectivity index (χ3v) is 4.99. The first-order chi connectivity index (χ1) is 14.6. The Labute approximate surface area is 172 Å². The second kappa shape index (κ2) is 8.28. The summed E-state index contributed by atoms with van der Waals surface area (Å²) in [6, 6.07) is 16.6. The first kappa shape index (κ1) is 19.5. The van der Waals surface area contributed by atoms with E-state index in [-0.39, 0.29) is 18.2 Å². The molecule has 0 bridgehead atoms. The zero-order valence-corrected chi connectivity index (χ0v) is 16.5. The Hall–Kier alpha value is -3.81. The number of hydrazone groups is 1. The van der Waals surface area contributed by atoms with E-state index in [9.17, 15) is 14.7 Å². The van der Waals surface area contributed by atoms with Crippen molar-refractivity contribution in [2.45, 2.75) is 25.9 Å². The van der Waals surface area contributed by atoms with Crippen LogP contribution in [0, 0.1) is 0 Å². The standard InChI is InChI=1S/C22H22N4O4/c1-2-30-18-11-7-6-10-15(18)16-12-17(25-24-16)19-20(27)23-22(29)26(21(19)28)13-14-8-4-3-5-9-14/h3-11,16,24,28H,2,12-13H2,1H3,(H,23,27,29). The predicted octanol–water partition coefficient (Wildman–Crippen LogP) is 2.13. The maximum absolute atomic E-state index is 12.5. The van der Waals surface area contributed by atoms with Crippen molar-refractivity contribution >= 4 is 5.71 Å². The van der Waals surface area contributed by atoms with Crippen molar-refractivity contribution < 1.29 is 9.84 Å². The lowest BCUT2D eigenvalue weighted by Crippen LogP contribution is -2.34. The Morgan fingerprint density at radius 3 is 2.63 bits per heavy atom. The number of hydrogen-bond acceptors (Lipinski definition) is 6. The number of aromatic amines is 1. The van der Waals surface area contributed by atoms with E-state index in [4.69, 9.17) is 4.74 Å². The van der Waals surface area contributed by atoms with E-state index in [1.165, 1.54) is 0 Å². The Bertz CT molecular complexity index is 1200. The van der Waals surface area contributed by atoms with Gasteiger partial charge >= 0.3 is 5.69 Å². The van der Waals surface area contributed by atoms with Crippen LogP contribution in [-0.4, -0.2) is 27.0 Å². The summed E-state index contributed by atoms with van der Waals surface area (Å²) in [5, 5.41) is 15.1. The summed E-state index contributed by atoms with van der Waals surface area (Å²) in [6.07, 6.45) is 0.365. The number of benzene rings is 2. The van der Waals surface area contributed by atoms with Crippen LogP contribution < -0.4 is 21.4 Å². The number of aromatic nitrogens is 2. The first-order valence-electron chi connectivity index (χ1n) is 9.72. The molecule has 4 rings (SSSR count). The number of nitrogens with zero attached hydrogens (tertiary/aromatic N) is 2. The third-order valence-electron chi connectivity index (χ3n) is 4.99. The maximum Gasteiger partial charge on any atom is 0.331 e. The summed E-state index contributed by atoms with van der Waals surface area (Å²) in [4.78, 5) is 27.1. The first-order valence-corrected chi connectivity index (χ1v) is 9.72. The maximum atomic E-state index is 12.5. The van der Waals surface area contributed by atoms with Gasteiger partial charge in [0.2, 0.25) is 5.88 Å². The third kappa shape index (κ3) is 3.71. The molecule has 1 unspecified atom stereocenters. The monoisotopic (exact) mass is 406 g/mol. The predicted molar refractivity (Wildman–Crippen MR) is 113 cm³/mol. The highest BCUT2D eigenvalue weighted by molar-refractivity contribution is 6.03. The fourth-order valence-corrected chi connectivity index (χ4v) is 3.57. The molecule has 2 heterocycles. The zero-order chi connectivity index (χ0) is 21.1. The van der Waals surface area contributed by atoms with Gasteiger partial charge < -0.3 is 15.3 Å². The molecule has 3 aromatic rings. The van der Waals surface area contributed by atoms with Gasteiger partial charge in [-0.3, -0.25) is 14.3 Å². The van der Waals surface area contributed by atoms with Crippen LogP contribution >= 0.6 is 0 Å². The Kier molecular flexibility index (Phi) is 5.38. The lowest BCUT2D eigenvalue weighted by Gasteiger charge is -2.15. The SMILES string of the molecule is CCOc1ccccc1C1CC(c2c(O)n(Cc3ccccc3)c(=O)[nH]c2=O)=NN1. The van der Waals surface area contributed by atoms with Crippen LogP contribution in [0.1, 0.15) is 36.1 Å². The van der Waals surface area contributed by atoms with Crippen molar-refractivity contribution in [2.75, 3.05) is 6.61 Å². The van der Waals surface area contributed by atoms with Crippen LogP contribution in [0.25, 0.3) is 0 Å². The van der Waals surface area contributed by atoms with Gasteiger partial charge in [0.05, 0.1) is 24.9 Å². The van der Waals surface area contributed by atoms with Gasteiger partial charge in [-0.1, -0.05) is 48.5 Å². The minimum atomic E-state index is -0.671. The molecule has 1 aliphatic heterocycles. The normalized spacial score (nSPS) is 15.5. The van der Waals surface area contributed by atoms with Crippen molar-refractivity contribution in [1.29, 1.82) is 0 Å². The number of ether oxygens (including phenoxy) is 1. The van der Waals surface area contributed by atoms with Crippen LogP contribution in [0.2, 0.25) is 0 Å². The topological polar surface area (TPSA) is 109 Å². The molecule has 0 fully saturated rings. The Morgan fingerprint density at radius 2 is 1.87 bits per heavy atom. The molecule has 1 aliphatic rings. The number of aromatic hydroxyl groups is 1. The van der Waals surface area contributed by atoms with Crippen molar-refractivity contribution in [1.82, 2.24) is 15.0 Å². The lowest BCUT2D eigenvalue weighted by molar-refractivity contribution is 0.332. The summed E-state index contributed by atoms with van der Waals surface area (Å²) in [7, 11) is 0. The lowest BCUT2D eigenvalue weighted by atomic mass is 9.99. The van der Waals surface area contributed by atoms with Gasteiger partial charge in [-0.15, -0.1) is 0 Å². The van der Waals surface area contributed by atoms with E-state index in [2.05, 4.69) is 15.5 Å². The average molecular weight is 406 g/mol. The summed E-state index contributed by atoms with van der Waals surface area (Å²) in [5.41, 5.74) is 3.79. The molecule has 1 aromatic heterocycles. The molecule has 154 valence electrons. The molecule has 0 aliphatic carbocycles. The molecule has 8 nitrogen and oxygen atoms in total. The van der Waals surface area contributed by atoms with E-state index < -0.39 is 17.1 Å². The highest BCUT2D eigenvalue weighted by atomic mass is 16.5. The van der Waals surface area contributed by atoms with Crippen LogP contribution in [0.15, 0.2) is 69.3 Å². The second-order valence-electron chi connectivity index (χ2n) is 6.94. The molecule has 8 heteroatoms. The summed E-state index contributed by atoms with van der Waals surface area (Å²) < 4.78 is 6.82. The quantitative estimate of drug-likeness (QED) is 0.581. The minimum Gasteiger partial charge on any atom is -0.494 e. The molecule has 0 saturated carbocycles. The average Bonchev–Trinajstić information content (AvgIpc) is 3.22. The van der Waals surface area contributed by atoms with E-state index in [0.717, 1.165) is 21.4 Å². The molecule has 1 atom stereocenters. The number of rotatable bonds is 6. The Balaban J connectivity index is 1.66. The fraction of sp³-hybridized carbons (Fsp3) is 0.227. The Morgan fingerprint density at radius 1 is 1.13 bits per heavy atom. The molecule has 3 N–H and O–H groups in total. The van der Waals surface area contributed by atoms with E-state index >= 15 is 0 Å². The van der Waals surface area contributed by atoms with Gasteiger partial charge in [-0.2, -0.15) is 5.10 Å². The number of hydrogen-bond donors (Lipinski definition) is 3. The summed E-state index contributed by atoms with van der Waals surface area (Å²) in [6.45, 7) is 2.57. The van der Waals surface area contributed by atoms with Crippen molar-refractivity contribution in [3.63, 3.8) is 0 Å². The highest BCUT2D eigenvalue weighted by Gasteiger charge is 2.28. The van der Waals surface area contributed by atoms with Crippen LogP contribution in [0.4, 0.5) is 0 Å². The second-order valence-corrected chi connectivity index (χ2v) is 6.94. The fourth-order valence-electron chi connectivity index (χ4n) is 3.57. The van der Waals surface area contributed by atoms with E-state index in [0.29, 0.717) is 18.7 Å². The molecule has 0 saturated heterocycles. The zero-order valence-electron chi connectivity index (χ0n) is 16.5. The molecule has 0 spiro atoms. The van der Waals surface area contributed by atoms with Gasteiger partial charge in [0.1, 0.15) is 11.3 Å². The van der Waals surface area contributed by atoms with Gasteiger partial charge in [-0.25, -0.2) is 4.79 Å². The largest absolute Gasteiger partial charge is 0.494 e. The molecular weight excluding hydrogens is 384 g/mol. The van der Waals surface area contributed by atoms with Gasteiger partial charge in [0.15, 0.2) is 0 Å². The van der Waals surface area contributed by atoms with Crippen LogP contribution in [0.3, 0.4) is 0 Å². The highest BCUT2D eigenvalue weighted by Crippen LogP contribution is 2.32. The van der Waals surface area contributed by atoms with E-state index in [1.54, 1.807) is 0 Å². The number of H-pyrrole nitrogens is 1. The number of nitrogens with one attached hydrogen (secondary N) is 2. The van der Waals surface area contributed by atoms with Crippen molar-refractivity contribution in [3.05, 3.63) is 92.1 Å². The molecular formula is C22H22N4O4. The van der Waals surface area contributed by atoms with Crippen molar-refractivity contribution in [3.8, 4) is 11.6 Å². The van der Waals surface area contributed by atoms with Crippen LogP contribution in [0.5, 0.6) is 11.6 Å². The van der Waals surface area contributed by atoms with Gasteiger partial charge in [-0.05, 0) is 18.6 Å². The molecule has 0 amide bonds. The molecule has 2 aromatic carbocycles.